The topological polar surface area (TPSA) is 29.1 Å². The number of carbonyl (C=O) groups excluding carboxylic acids is 1. The van der Waals surface area contributed by atoms with Crippen LogP contribution in [0.1, 0.15) is 37.3 Å². The zero-order chi connectivity index (χ0) is 16.7. The van der Waals surface area contributed by atoms with E-state index >= 15 is 0 Å². The van der Waals surface area contributed by atoms with E-state index < -0.39 is 0 Å². The van der Waals surface area contributed by atoms with Gasteiger partial charge in [-0.15, -0.1) is 0 Å². The molecule has 1 aliphatic heterocycles. The summed E-state index contributed by atoms with van der Waals surface area (Å²) in [6.45, 7) is 2.30. The Kier molecular flexibility index (Phi) is 4.09. The number of hydrogen-bond acceptors (Lipinski definition) is 2. The van der Waals surface area contributed by atoms with Gasteiger partial charge in [0, 0.05) is 27.7 Å². The molecule has 24 heavy (non-hydrogen) atoms. The second kappa shape index (κ2) is 6.12. The van der Waals surface area contributed by atoms with Crippen molar-refractivity contribution in [2.45, 2.75) is 53.9 Å². The van der Waals surface area contributed by atoms with E-state index in [4.69, 9.17) is 11.6 Å². The average molecular weight is 358 g/mol. The van der Waals surface area contributed by atoms with E-state index in [1.54, 1.807) is 11.8 Å². The van der Waals surface area contributed by atoms with Crippen molar-refractivity contribution >= 4 is 29.3 Å². The van der Waals surface area contributed by atoms with Crippen LogP contribution in [0.4, 0.5) is 0 Å². The summed E-state index contributed by atoms with van der Waals surface area (Å²) in [5.41, 5.74) is 2.89. The molecule has 2 aromatic carbocycles. The number of piperidine rings is 1. The first kappa shape index (κ1) is 16.0. The molecular weight excluding hydrogens is 338 g/mol. The number of amides is 1. The van der Waals surface area contributed by atoms with Gasteiger partial charge >= 0.3 is 0 Å². The van der Waals surface area contributed by atoms with Crippen molar-refractivity contribution in [2.24, 2.45) is 0 Å². The summed E-state index contributed by atoms with van der Waals surface area (Å²) < 4.78 is 0. The second-order valence-corrected chi connectivity index (χ2v) is 8.45. The summed E-state index contributed by atoms with van der Waals surface area (Å²) in [6, 6.07) is 15.0. The minimum atomic E-state index is 0.0646. The van der Waals surface area contributed by atoms with Gasteiger partial charge in [-0.3, -0.25) is 4.79 Å². The van der Waals surface area contributed by atoms with E-state index in [0.717, 1.165) is 29.2 Å². The van der Waals surface area contributed by atoms with Crippen LogP contribution in [-0.2, 0) is 16.6 Å². The summed E-state index contributed by atoms with van der Waals surface area (Å²) in [4.78, 5) is 14.0. The summed E-state index contributed by atoms with van der Waals surface area (Å²) in [7, 11) is 0. The van der Waals surface area contributed by atoms with Crippen LogP contribution in [0.15, 0.2) is 52.3 Å². The number of fused-ring (bicyclic) bond motifs is 3. The predicted molar refractivity (Wildman–Crippen MR) is 98.9 cm³/mol. The van der Waals surface area contributed by atoms with Gasteiger partial charge < -0.3 is 5.32 Å². The van der Waals surface area contributed by atoms with Crippen LogP contribution in [0.2, 0.25) is 5.02 Å². The fraction of sp³-hybridized carbons (Fsp3) is 0.350. The Morgan fingerprint density at radius 2 is 2.04 bits per heavy atom. The molecule has 124 valence electrons. The number of halogens is 1. The summed E-state index contributed by atoms with van der Waals surface area (Å²) in [5, 5.41) is 3.99. The molecule has 1 saturated heterocycles. The molecule has 1 fully saturated rings. The van der Waals surface area contributed by atoms with Crippen molar-refractivity contribution in [1.82, 2.24) is 5.32 Å². The van der Waals surface area contributed by atoms with E-state index in [1.165, 1.54) is 16.0 Å². The molecule has 4 heteroatoms. The van der Waals surface area contributed by atoms with Gasteiger partial charge in [-0.2, -0.15) is 0 Å². The quantitative estimate of drug-likeness (QED) is 0.821. The van der Waals surface area contributed by atoms with E-state index in [0.29, 0.717) is 6.42 Å². The molecular formula is C20H20ClNOS. The van der Waals surface area contributed by atoms with E-state index in [-0.39, 0.29) is 17.4 Å². The van der Waals surface area contributed by atoms with Crippen molar-refractivity contribution < 1.29 is 4.79 Å². The average Bonchev–Trinajstić information content (AvgIpc) is 2.58. The molecule has 0 aromatic heterocycles. The largest absolute Gasteiger partial charge is 0.352 e. The fourth-order valence-corrected chi connectivity index (χ4v) is 5.19. The molecule has 1 aliphatic carbocycles. The Labute approximate surface area is 152 Å². The zero-order valence-corrected chi connectivity index (χ0v) is 15.2. The van der Waals surface area contributed by atoms with Gasteiger partial charge in [0.05, 0.1) is 5.02 Å². The van der Waals surface area contributed by atoms with E-state index in [2.05, 4.69) is 36.5 Å². The lowest BCUT2D eigenvalue weighted by atomic mass is 9.64. The van der Waals surface area contributed by atoms with Gasteiger partial charge in [-0.1, -0.05) is 48.5 Å². The molecule has 0 saturated carbocycles. The maximum atomic E-state index is 11.7. The Bertz CT molecular complexity index is 806. The molecule has 2 aliphatic rings. The highest BCUT2D eigenvalue weighted by molar-refractivity contribution is 7.99. The highest BCUT2D eigenvalue weighted by atomic mass is 35.5. The lowest BCUT2D eigenvalue weighted by Crippen LogP contribution is -2.55. The van der Waals surface area contributed by atoms with Gasteiger partial charge in [-0.25, -0.2) is 0 Å². The van der Waals surface area contributed by atoms with Crippen molar-refractivity contribution in [2.75, 3.05) is 0 Å². The summed E-state index contributed by atoms with van der Waals surface area (Å²) in [5.74, 6) is 0.201. The van der Waals surface area contributed by atoms with E-state index in [9.17, 15) is 4.79 Å². The molecule has 0 bridgehead atoms. The van der Waals surface area contributed by atoms with Crippen LogP contribution in [0.25, 0.3) is 0 Å². The van der Waals surface area contributed by atoms with E-state index in [1.807, 2.05) is 18.2 Å². The minimum absolute atomic E-state index is 0.0646. The molecule has 2 aromatic rings. The third kappa shape index (κ3) is 2.74. The van der Waals surface area contributed by atoms with Crippen LogP contribution in [0, 0.1) is 0 Å². The molecule has 0 spiro atoms. The molecule has 2 atom stereocenters. The maximum Gasteiger partial charge on any atom is 0.220 e. The highest BCUT2D eigenvalue weighted by Gasteiger charge is 2.43. The molecule has 0 unspecified atom stereocenters. The van der Waals surface area contributed by atoms with Crippen LogP contribution in [-0.4, -0.2) is 11.9 Å². The van der Waals surface area contributed by atoms with Gasteiger partial charge in [0.2, 0.25) is 5.91 Å². The fourth-order valence-electron chi connectivity index (χ4n) is 4.04. The second-order valence-electron chi connectivity index (χ2n) is 6.93. The van der Waals surface area contributed by atoms with Crippen molar-refractivity contribution in [3.63, 3.8) is 0 Å². The minimum Gasteiger partial charge on any atom is -0.352 e. The van der Waals surface area contributed by atoms with Gasteiger partial charge in [0.1, 0.15) is 0 Å². The third-order valence-corrected chi connectivity index (χ3v) is 6.94. The number of hydrogen-bond donors (Lipinski definition) is 1. The zero-order valence-electron chi connectivity index (χ0n) is 13.6. The van der Waals surface area contributed by atoms with Crippen LogP contribution < -0.4 is 5.32 Å². The normalized spacial score (nSPS) is 25.6. The highest BCUT2D eigenvalue weighted by Crippen LogP contribution is 2.44. The van der Waals surface area contributed by atoms with Crippen LogP contribution in [0.5, 0.6) is 0 Å². The number of benzene rings is 2. The first-order valence-electron chi connectivity index (χ1n) is 8.41. The number of carbonyl (C=O) groups is 1. The Morgan fingerprint density at radius 3 is 2.88 bits per heavy atom. The monoisotopic (exact) mass is 357 g/mol. The summed E-state index contributed by atoms with van der Waals surface area (Å²) >= 11 is 8.00. The smallest absolute Gasteiger partial charge is 0.220 e. The standard InChI is InChI=1S/C20H20ClNOS/c1-20-11-10-19(23)22-18(20)9-6-13-12-14(7-8-15(13)20)24-17-5-3-2-4-16(17)21/h2-5,7-8,12,18H,6,9-11H2,1H3,(H,22,23)/t18-,20-/m1/s1. The number of rotatable bonds is 2. The van der Waals surface area contributed by atoms with Crippen molar-refractivity contribution in [1.29, 1.82) is 0 Å². The molecule has 1 heterocycles. The van der Waals surface area contributed by atoms with Crippen molar-refractivity contribution in [3.8, 4) is 0 Å². The Morgan fingerprint density at radius 1 is 1.21 bits per heavy atom. The van der Waals surface area contributed by atoms with Crippen molar-refractivity contribution in [3.05, 3.63) is 58.6 Å². The SMILES string of the molecule is C[C@]12CCC(=O)N[C@@H]1CCc1cc(Sc3ccccc3Cl)ccc12. The summed E-state index contributed by atoms with van der Waals surface area (Å²) in [6.07, 6.45) is 3.61. The molecule has 2 nitrogen and oxygen atoms in total. The van der Waals surface area contributed by atoms with Crippen LogP contribution in [0.3, 0.4) is 0 Å². The molecule has 4 rings (SSSR count). The Balaban J connectivity index is 1.65. The first-order chi connectivity index (χ1) is 11.6. The lowest BCUT2D eigenvalue weighted by Gasteiger charge is -2.46. The van der Waals surface area contributed by atoms with Crippen LogP contribution >= 0.6 is 23.4 Å². The molecule has 1 amide bonds. The maximum absolute atomic E-state index is 11.7. The molecule has 0 radical (unpaired) electrons. The van der Waals surface area contributed by atoms with Gasteiger partial charge in [0.15, 0.2) is 0 Å². The number of nitrogens with one attached hydrogen (secondary N) is 1. The predicted octanol–water partition coefficient (Wildman–Crippen LogP) is 4.97. The lowest BCUT2D eigenvalue weighted by molar-refractivity contribution is -0.125. The number of aryl methyl sites for hydroxylation is 1. The third-order valence-electron chi connectivity index (χ3n) is 5.43. The molecule has 1 N–H and O–H groups in total. The van der Waals surface area contributed by atoms with Gasteiger partial charge in [0.25, 0.3) is 0 Å². The Hall–Kier alpha value is -1.45. The van der Waals surface area contributed by atoms with Gasteiger partial charge in [-0.05, 0) is 54.7 Å². The first-order valence-corrected chi connectivity index (χ1v) is 9.61.